The van der Waals surface area contributed by atoms with Crippen LogP contribution in [-0.4, -0.2) is 16.6 Å². The predicted octanol–water partition coefficient (Wildman–Crippen LogP) is 3.58. The molecule has 0 radical (unpaired) electrons. The summed E-state index contributed by atoms with van der Waals surface area (Å²) in [5, 5.41) is 7.65. The van der Waals surface area contributed by atoms with Crippen molar-refractivity contribution in [2.75, 3.05) is 7.05 Å². The Morgan fingerprint density at radius 3 is 2.65 bits per heavy atom. The first-order valence-corrected chi connectivity index (χ1v) is 7.44. The number of nitrogens with one attached hydrogen (secondary N) is 1. The van der Waals surface area contributed by atoms with Crippen molar-refractivity contribution in [3.05, 3.63) is 10.6 Å². The summed E-state index contributed by atoms with van der Waals surface area (Å²) in [5.74, 6) is 0.794. The normalized spacial score (nSPS) is 13.2. The summed E-state index contributed by atoms with van der Waals surface area (Å²) in [4.78, 5) is 1.35. The topological polar surface area (TPSA) is 37.8 Å². The highest BCUT2D eigenvalue weighted by Gasteiger charge is 2.17. The molecule has 0 aliphatic rings. The number of rotatable bonds is 8. The van der Waals surface area contributed by atoms with Crippen LogP contribution in [0.2, 0.25) is 0 Å². The lowest BCUT2D eigenvalue weighted by molar-refractivity contribution is 0.472. The van der Waals surface area contributed by atoms with Crippen molar-refractivity contribution in [2.24, 2.45) is 5.92 Å². The van der Waals surface area contributed by atoms with Crippen LogP contribution in [0.5, 0.6) is 0 Å². The zero-order chi connectivity index (χ0) is 12.7. The van der Waals surface area contributed by atoms with Crippen molar-refractivity contribution in [3.63, 3.8) is 0 Å². The van der Waals surface area contributed by atoms with Gasteiger partial charge in [0.25, 0.3) is 0 Å². The second kappa shape index (κ2) is 7.77. The van der Waals surface area contributed by atoms with E-state index >= 15 is 0 Å². The Kier molecular flexibility index (Phi) is 6.66. The van der Waals surface area contributed by atoms with Gasteiger partial charge in [-0.3, -0.25) is 0 Å². The highest BCUT2D eigenvalue weighted by Crippen LogP contribution is 2.26. The minimum absolute atomic E-state index is 0.440. The fraction of sp³-hybridized carbons (Fsp3) is 0.846. The molecule has 0 aliphatic heterocycles. The van der Waals surface area contributed by atoms with Crippen LogP contribution in [0, 0.1) is 5.92 Å². The largest absolute Gasteiger partial charge is 0.312 e. The molecule has 1 N–H and O–H groups in total. The summed E-state index contributed by atoms with van der Waals surface area (Å²) in [6.45, 7) is 6.76. The smallest absolute Gasteiger partial charge is 0.0803 e. The standard InChI is InChI=1S/C13H25N3S/c1-5-7-12-13(17-16-15-12)11(14-4)9-6-8-10(2)3/h10-11,14H,5-9H2,1-4H3. The molecule has 0 saturated heterocycles. The SMILES string of the molecule is CCCc1nnsc1C(CCCC(C)C)NC. The molecule has 0 aliphatic carbocycles. The molecule has 1 aromatic rings. The van der Waals surface area contributed by atoms with Gasteiger partial charge in [-0.25, -0.2) is 0 Å². The molecule has 1 heterocycles. The van der Waals surface area contributed by atoms with Crippen LogP contribution in [-0.2, 0) is 6.42 Å². The maximum absolute atomic E-state index is 4.25. The Hall–Kier alpha value is -0.480. The lowest BCUT2D eigenvalue weighted by Gasteiger charge is -2.15. The Balaban J connectivity index is 2.56. The summed E-state index contributed by atoms with van der Waals surface area (Å²) in [6.07, 6.45) is 5.95. The van der Waals surface area contributed by atoms with Crippen molar-refractivity contribution < 1.29 is 0 Å². The van der Waals surface area contributed by atoms with Gasteiger partial charge in [0.2, 0.25) is 0 Å². The average molecular weight is 255 g/mol. The number of nitrogens with zero attached hydrogens (tertiary/aromatic N) is 2. The molecule has 0 bridgehead atoms. The molecule has 0 fully saturated rings. The average Bonchev–Trinajstić information content (AvgIpc) is 2.73. The van der Waals surface area contributed by atoms with Crippen molar-refractivity contribution in [2.45, 2.75) is 58.9 Å². The zero-order valence-corrected chi connectivity index (χ0v) is 12.3. The van der Waals surface area contributed by atoms with Gasteiger partial charge in [-0.1, -0.05) is 44.5 Å². The number of hydrogen-bond acceptors (Lipinski definition) is 4. The van der Waals surface area contributed by atoms with Crippen molar-refractivity contribution >= 4 is 11.5 Å². The molecule has 4 heteroatoms. The third-order valence-corrected chi connectivity index (χ3v) is 3.89. The summed E-state index contributed by atoms with van der Waals surface area (Å²) in [5.41, 5.74) is 1.20. The minimum Gasteiger partial charge on any atom is -0.312 e. The van der Waals surface area contributed by atoms with Crippen LogP contribution in [0.4, 0.5) is 0 Å². The van der Waals surface area contributed by atoms with E-state index < -0.39 is 0 Å². The van der Waals surface area contributed by atoms with Gasteiger partial charge in [0.1, 0.15) is 0 Å². The summed E-state index contributed by atoms with van der Waals surface area (Å²) in [7, 11) is 2.04. The van der Waals surface area contributed by atoms with E-state index in [-0.39, 0.29) is 0 Å². The number of hydrogen-bond donors (Lipinski definition) is 1. The Morgan fingerprint density at radius 1 is 1.29 bits per heavy atom. The molecule has 0 spiro atoms. The molecular weight excluding hydrogens is 230 g/mol. The second-order valence-electron chi connectivity index (χ2n) is 5.00. The number of aromatic nitrogens is 2. The highest BCUT2D eigenvalue weighted by atomic mass is 32.1. The van der Waals surface area contributed by atoms with Gasteiger partial charge in [-0.15, -0.1) is 5.10 Å². The van der Waals surface area contributed by atoms with Gasteiger partial charge < -0.3 is 5.32 Å². The second-order valence-corrected chi connectivity index (χ2v) is 5.79. The van der Waals surface area contributed by atoms with E-state index in [4.69, 9.17) is 0 Å². The van der Waals surface area contributed by atoms with Gasteiger partial charge >= 0.3 is 0 Å². The van der Waals surface area contributed by atoms with E-state index in [1.54, 1.807) is 11.5 Å². The van der Waals surface area contributed by atoms with E-state index in [0.29, 0.717) is 6.04 Å². The van der Waals surface area contributed by atoms with Crippen LogP contribution >= 0.6 is 11.5 Å². The van der Waals surface area contributed by atoms with Crippen LogP contribution in [0.1, 0.15) is 63.1 Å². The van der Waals surface area contributed by atoms with E-state index in [0.717, 1.165) is 18.8 Å². The van der Waals surface area contributed by atoms with E-state index in [2.05, 4.69) is 35.7 Å². The van der Waals surface area contributed by atoms with Crippen LogP contribution in [0.3, 0.4) is 0 Å². The van der Waals surface area contributed by atoms with Crippen LogP contribution in [0.25, 0.3) is 0 Å². The molecule has 0 amide bonds. The number of aryl methyl sites for hydroxylation is 1. The Bertz CT molecular complexity index is 309. The zero-order valence-electron chi connectivity index (χ0n) is 11.5. The lowest BCUT2D eigenvalue weighted by Crippen LogP contribution is -2.16. The van der Waals surface area contributed by atoms with Gasteiger partial charge in [0.15, 0.2) is 0 Å². The Morgan fingerprint density at radius 2 is 2.06 bits per heavy atom. The molecule has 1 aromatic heterocycles. The molecule has 0 aromatic carbocycles. The van der Waals surface area contributed by atoms with Crippen molar-refractivity contribution in [1.82, 2.24) is 14.9 Å². The van der Waals surface area contributed by atoms with Gasteiger partial charge in [-0.05, 0) is 37.3 Å². The van der Waals surface area contributed by atoms with E-state index in [1.807, 2.05) is 7.05 Å². The van der Waals surface area contributed by atoms with Crippen molar-refractivity contribution in [3.8, 4) is 0 Å². The third-order valence-electron chi connectivity index (χ3n) is 3.01. The molecule has 1 unspecified atom stereocenters. The molecule has 0 saturated carbocycles. The summed E-state index contributed by atoms with van der Waals surface area (Å²) >= 11 is 1.56. The molecular formula is C13H25N3S. The first kappa shape index (κ1) is 14.6. The predicted molar refractivity (Wildman–Crippen MR) is 74.4 cm³/mol. The molecule has 98 valence electrons. The summed E-state index contributed by atoms with van der Waals surface area (Å²) in [6, 6.07) is 0.440. The fourth-order valence-electron chi connectivity index (χ4n) is 2.03. The third kappa shape index (κ3) is 4.72. The fourth-order valence-corrected chi connectivity index (χ4v) is 2.87. The van der Waals surface area contributed by atoms with Gasteiger partial charge in [-0.2, -0.15) is 0 Å². The molecule has 1 atom stereocenters. The lowest BCUT2D eigenvalue weighted by atomic mass is 10.0. The molecule has 3 nitrogen and oxygen atoms in total. The molecule has 1 rings (SSSR count). The first-order chi connectivity index (χ1) is 8.19. The van der Waals surface area contributed by atoms with E-state index in [9.17, 15) is 0 Å². The first-order valence-electron chi connectivity index (χ1n) is 6.67. The monoisotopic (exact) mass is 255 g/mol. The maximum atomic E-state index is 4.25. The van der Waals surface area contributed by atoms with Crippen LogP contribution in [0.15, 0.2) is 0 Å². The van der Waals surface area contributed by atoms with Gasteiger partial charge in [0, 0.05) is 6.04 Å². The van der Waals surface area contributed by atoms with Crippen LogP contribution < -0.4 is 5.32 Å². The van der Waals surface area contributed by atoms with E-state index in [1.165, 1.54) is 29.8 Å². The highest BCUT2D eigenvalue weighted by molar-refractivity contribution is 7.05. The minimum atomic E-state index is 0.440. The molecule has 17 heavy (non-hydrogen) atoms. The Labute approximate surface area is 109 Å². The van der Waals surface area contributed by atoms with Gasteiger partial charge in [0.05, 0.1) is 10.6 Å². The summed E-state index contributed by atoms with van der Waals surface area (Å²) < 4.78 is 4.10. The van der Waals surface area contributed by atoms with Crippen molar-refractivity contribution in [1.29, 1.82) is 0 Å². The maximum Gasteiger partial charge on any atom is 0.0803 e. The quantitative estimate of drug-likeness (QED) is 0.771.